The number of rotatable bonds is 2. The van der Waals surface area contributed by atoms with Gasteiger partial charge in [-0.15, -0.1) is 0 Å². The molecule has 0 rings (SSSR count). The molecule has 126 valence electrons. The van der Waals surface area contributed by atoms with Gasteiger partial charge in [0.1, 0.15) is 6.10 Å². The van der Waals surface area contributed by atoms with Crippen LogP contribution < -0.4 is 0 Å². The molecule has 0 aliphatic rings. The van der Waals surface area contributed by atoms with Crippen molar-refractivity contribution in [3.05, 3.63) is 0 Å². The minimum Gasteiger partial charge on any atom is -0.759 e. The van der Waals surface area contributed by atoms with Crippen LogP contribution in [-0.4, -0.2) is 90.5 Å². The molecule has 0 unspecified atom stereocenters. The number of hydrogen-bond donors (Lipinski definition) is 3. The standard InChI is InChI=1S/C3H8O3.H2O4S.7H2O.Zn/c4-1-3(6)2-5;1-5(2,3)4;;;;;;;;/h3-6H,1-2H2;(H2,1,2,3,4);7*1H2;/q;;;;;;;;;+2/p-2. The summed E-state index contributed by atoms with van der Waals surface area (Å²) in [6.45, 7) is -0.729. The summed E-state index contributed by atoms with van der Waals surface area (Å²) in [5, 5.41) is 24.0. The van der Waals surface area contributed by atoms with Crippen LogP contribution >= 0.6 is 0 Å². The summed E-state index contributed by atoms with van der Waals surface area (Å²) >= 11 is 0. The number of aliphatic hydroxyl groups is 3. The molecule has 0 radical (unpaired) electrons. The zero-order chi connectivity index (χ0) is 9.49. The van der Waals surface area contributed by atoms with Crippen LogP contribution in [0, 0.1) is 0 Å². The predicted molar refractivity (Wildman–Crippen MR) is 55.9 cm³/mol. The second-order valence-electron chi connectivity index (χ2n) is 1.43. The fraction of sp³-hybridized carbons (Fsp3) is 1.00. The maximum atomic E-state index is 8.52. The molecule has 0 amide bonds. The first-order chi connectivity index (χ1) is 4.81. The number of aliphatic hydroxyl groups excluding tert-OH is 3. The zero-order valence-electron chi connectivity index (χ0n) is 9.58. The van der Waals surface area contributed by atoms with Crippen molar-refractivity contribution >= 4 is 10.4 Å². The van der Waals surface area contributed by atoms with Crippen LogP contribution in [0.2, 0.25) is 0 Å². The van der Waals surface area contributed by atoms with Crippen LogP contribution in [0.25, 0.3) is 0 Å². The van der Waals surface area contributed by atoms with Gasteiger partial charge in [0.15, 0.2) is 0 Å². The first-order valence-corrected chi connectivity index (χ1v) is 3.71. The second-order valence-corrected chi connectivity index (χ2v) is 2.24. The molecule has 0 aromatic carbocycles. The minimum absolute atomic E-state index is 0. The molecule has 0 aromatic rings. The molecule has 0 aromatic heterocycles. The summed E-state index contributed by atoms with van der Waals surface area (Å²) in [6, 6.07) is 0. The van der Waals surface area contributed by atoms with Gasteiger partial charge >= 0.3 is 19.5 Å². The van der Waals surface area contributed by atoms with Crippen LogP contribution in [0.5, 0.6) is 0 Å². The summed E-state index contributed by atoms with van der Waals surface area (Å²) in [6.07, 6.45) is -0.954. The quantitative estimate of drug-likeness (QED) is 0.235. The van der Waals surface area contributed by atoms with E-state index >= 15 is 0 Å². The summed E-state index contributed by atoms with van der Waals surface area (Å²) in [7, 11) is -5.17. The molecule has 0 bridgehead atoms. The van der Waals surface area contributed by atoms with E-state index in [0.29, 0.717) is 0 Å². The Bertz CT molecular complexity index is 158. The maximum Gasteiger partial charge on any atom is 2.00 e. The van der Waals surface area contributed by atoms with Crippen molar-refractivity contribution in [1.82, 2.24) is 0 Å². The Morgan fingerprint density at radius 2 is 0.895 bits per heavy atom. The van der Waals surface area contributed by atoms with Gasteiger partial charge in [-0.3, -0.25) is 8.42 Å². The topological polar surface area (TPSA) is 361 Å². The first-order valence-electron chi connectivity index (χ1n) is 2.37. The van der Waals surface area contributed by atoms with Crippen LogP contribution in [-0.2, 0) is 29.9 Å². The zero-order valence-corrected chi connectivity index (χ0v) is 13.4. The van der Waals surface area contributed by atoms with Crippen LogP contribution in [0.4, 0.5) is 0 Å². The van der Waals surface area contributed by atoms with Crippen molar-refractivity contribution in [2.45, 2.75) is 6.10 Å². The van der Waals surface area contributed by atoms with E-state index in [4.69, 9.17) is 32.8 Å². The fourth-order valence-electron chi connectivity index (χ4n) is 0.0577. The maximum absolute atomic E-state index is 8.52. The summed E-state index contributed by atoms with van der Waals surface area (Å²) in [5.74, 6) is 0. The van der Waals surface area contributed by atoms with Gasteiger partial charge < -0.3 is 62.8 Å². The van der Waals surface area contributed by atoms with E-state index in [-0.39, 0.29) is 71.0 Å². The average Bonchev–Trinajstić information content (AvgIpc) is 1.83. The Morgan fingerprint density at radius 3 is 0.895 bits per heavy atom. The summed E-state index contributed by atoms with van der Waals surface area (Å²) in [4.78, 5) is 0. The third kappa shape index (κ3) is 280. The fourth-order valence-corrected chi connectivity index (χ4v) is 0.0577. The average molecular weight is 380 g/mol. The molecule has 14 nitrogen and oxygen atoms in total. The van der Waals surface area contributed by atoms with Crippen LogP contribution in [0.3, 0.4) is 0 Å². The summed E-state index contributed by atoms with van der Waals surface area (Å²) < 4.78 is 34.1. The van der Waals surface area contributed by atoms with E-state index in [1.165, 1.54) is 0 Å². The monoisotopic (exact) mass is 378 g/mol. The van der Waals surface area contributed by atoms with Crippen molar-refractivity contribution in [3.8, 4) is 0 Å². The van der Waals surface area contributed by atoms with Crippen molar-refractivity contribution in [2.24, 2.45) is 0 Å². The molecular formula is C3H22O14SZn. The SMILES string of the molecule is O.O.O.O.O.O.O.O=S(=O)([O-])[O-].OCC(O)CO.[Zn+2]. The smallest absolute Gasteiger partial charge is 0.759 e. The van der Waals surface area contributed by atoms with Crippen LogP contribution in [0.1, 0.15) is 0 Å². The van der Waals surface area contributed by atoms with E-state index in [1.807, 2.05) is 0 Å². The Balaban J connectivity index is -0.00000000754. The van der Waals surface area contributed by atoms with Gasteiger partial charge in [-0.1, -0.05) is 0 Å². The minimum atomic E-state index is -5.17. The third-order valence-corrected chi connectivity index (χ3v) is 0.421. The van der Waals surface area contributed by atoms with Gasteiger partial charge in [-0.2, -0.15) is 0 Å². The van der Waals surface area contributed by atoms with E-state index in [1.54, 1.807) is 0 Å². The first kappa shape index (κ1) is 75.6. The van der Waals surface area contributed by atoms with Gasteiger partial charge in [0.2, 0.25) is 0 Å². The van der Waals surface area contributed by atoms with Crippen LogP contribution in [0.15, 0.2) is 0 Å². The molecule has 0 saturated heterocycles. The molecule has 0 heterocycles. The predicted octanol–water partition coefficient (Wildman–Crippen LogP) is -8.78. The summed E-state index contributed by atoms with van der Waals surface area (Å²) in [5.41, 5.74) is 0. The molecule has 0 saturated carbocycles. The van der Waals surface area contributed by atoms with Crippen molar-refractivity contribution in [3.63, 3.8) is 0 Å². The van der Waals surface area contributed by atoms with E-state index in [0.717, 1.165) is 0 Å². The van der Waals surface area contributed by atoms with Gasteiger partial charge in [-0.05, 0) is 0 Å². The number of hydrogen-bond acceptors (Lipinski definition) is 7. The van der Waals surface area contributed by atoms with Gasteiger partial charge in [0, 0.05) is 10.4 Å². The Morgan fingerprint density at radius 1 is 0.789 bits per heavy atom. The molecule has 0 aliphatic heterocycles. The Kier molecular flexibility index (Phi) is 171. The second kappa shape index (κ2) is 43.0. The molecule has 17 N–H and O–H groups in total. The molecule has 0 spiro atoms. The Hall–Kier alpha value is 0.0934. The van der Waals surface area contributed by atoms with Gasteiger partial charge in [0.25, 0.3) is 0 Å². The largest absolute Gasteiger partial charge is 2.00 e. The molecule has 16 heteroatoms. The van der Waals surface area contributed by atoms with Crippen molar-refractivity contribution in [1.29, 1.82) is 0 Å². The van der Waals surface area contributed by atoms with E-state index < -0.39 is 16.5 Å². The third-order valence-electron chi connectivity index (χ3n) is 0.421. The normalized spacial score (nSPS) is 6.21. The molecule has 19 heavy (non-hydrogen) atoms. The van der Waals surface area contributed by atoms with Crippen molar-refractivity contribution < 1.29 is 90.7 Å². The van der Waals surface area contributed by atoms with Gasteiger partial charge in [0.05, 0.1) is 13.2 Å². The van der Waals surface area contributed by atoms with Gasteiger partial charge in [-0.25, -0.2) is 0 Å². The van der Waals surface area contributed by atoms with E-state index in [2.05, 4.69) is 0 Å². The molecule has 0 aliphatic carbocycles. The van der Waals surface area contributed by atoms with E-state index in [9.17, 15) is 0 Å². The molecular weight excluding hydrogens is 357 g/mol. The Labute approximate surface area is 121 Å². The molecule has 0 fully saturated rings. The molecule has 0 atom stereocenters. The van der Waals surface area contributed by atoms with Crippen molar-refractivity contribution in [2.75, 3.05) is 13.2 Å².